The van der Waals surface area contributed by atoms with Crippen molar-refractivity contribution in [3.63, 3.8) is 0 Å². The molecule has 1 atom stereocenters. The number of ketones is 1. The fraction of sp³-hybridized carbons (Fsp3) is 0.462. The summed E-state index contributed by atoms with van der Waals surface area (Å²) in [6.07, 6.45) is 1.59. The van der Waals surface area contributed by atoms with Crippen molar-refractivity contribution in [2.24, 2.45) is 11.7 Å². The summed E-state index contributed by atoms with van der Waals surface area (Å²) < 4.78 is 13.5. The van der Waals surface area contributed by atoms with Crippen LogP contribution in [0.25, 0.3) is 0 Å². The van der Waals surface area contributed by atoms with Crippen LogP contribution in [0.3, 0.4) is 0 Å². The molecule has 1 rings (SSSR count). The summed E-state index contributed by atoms with van der Waals surface area (Å²) in [6, 6.07) is 4.58. The van der Waals surface area contributed by atoms with Crippen LogP contribution in [0, 0.1) is 18.7 Å². The van der Waals surface area contributed by atoms with Crippen molar-refractivity contribution in [2.75, 3.05) is 6.54 Å². The molecule has 0 saturated heterocycles. The fourth-order valence-electron chi connectivity index (χ4n) is 1.75. The molecule has 0 aliphatic carbocycles. The number of hydrogen-bond acceptors (Lipinski definition) is 2. The van der Waals surface area contributed by atoms with E-state index in [0.29, 0.717) is 6.42 Å². The lowest BCUT2D eigenvalue weighted by atomic mass is 9.92. The Labute approximate surface area is 95.7 Å². The van der Waals surface area contributed by atoms with Gasteiger partial charge in [0.1, 0.15) is 5.82 Å². The number of halogens is 1. The lowest BCUT2D eigenvalue weighted by Gasteiger charge is -2.13. The summed E-state index contributed by atoms with van der Waals surface area (Å²) in [5.74, 6) is -0.892. The van der Waals surface area contributed by atoms with Crippen molar-refractivity contribution in [3.8, 4) is 0 Å². The van der Waals surface area contributed by atoms with Crippen molar-refractivity contribution in [1.82, 2.24) is 0 Å². The van der Waals surface area contributed by atoms with Gasteiger partial charge < -0.3 is 5.73 Å². The molecule has 0 aromatic heterocycles. The first-order valence-corrected chi connectivity index (χ1v) is 5.60. The highest BCUT2D eigenvalue weighted by Gasteiger charge is 2.20. The second-order valence-electron chi connectivity index (χ2n) is 4.07. The molecule has 3 heteroatoms. The molecule has 0 saturated carbocycles. The van der Waals surface area contributed by atoms with Crippen molar-refractivity contribution < 1.29 is 9.18 Å². The Morgan fingerprint density at radius 3 is 2.75 bits per heavy atom. The molecule has 0 fully saturated rings. The van der Waals surface area contributed by atoms with E-state index in [4.69, 9.17) is 5.73 Å². The molecule has 1 aromatic rings. The van der Waals surface area contributed by atoms with E-state index in [0.717, 1.165) is 12.0 Å². The largest absolute Gasteiger partial charge is 0.330 e. The minimum absolute atomic E-state index is 0.170. The van der Waals surface area contributed by atoms with E-state index in [1.807, 2.05) is 13.8 Å². The number of Topliss-reactive ketones (excluding diaryl/α,β-unsaturated/α-hetero) is 1. The summed E-state index contributed by atoms with van der Waals surface area (Å²) in [6.45, 7) is 4.11. The molecule has 0 bridgehead atoms. The van der Waals surface area contributed by atoms with Gasteiger partial charge >= 0.3 is 0 Å². The molecule has 0 aliphatic heterocycles. The van der Waals surface area contributed by atoms with Crippen LogP contribution in [0.2, 0.25) is 0 Å². The van der Waals surface area contributed by atoms with Crippen LogP contribution in [-0.2, 0) is 0 Å². The molecule has 2 nitrogen and oxygen atoms in total. The summed E-state index contributed by atoms with van der Waals surface area (Å²) >= 11 is 0. The molecule has 0 spiro atoms. The lowest BCUT2D eigenvalue weighted by Crippen LogP contribution is -2.24. The van der Waals surface area contributed by atoms with Crippen LogP contribution >= 0.6 is 0 Å². The number of rotatable bonds is 5. The first kappa shape index (κ1) is 12.8. The number of hydrogen-bond donors (Lipinski definition) is 1. The zero-order chi connectivity index (χ0) is 12.1. The Balaban J connectivity index is 2.98. The quantitative estimate of drug-likeness (QED) is 0.780. The Kier molecular flexibility index (Phi) is 4.62. The number of aryl methyl sites for hydroxylation is 1. The van der Waals surface area contributed by atoms with Gasteiger partial charge in [-0.1, -0.05) is 25.0 Å². The molecule has 0 aliphatic rings. The molecular formula is C13H18FNO. The Hall–Kier alpha value is -1.22. The smallest absolute Gasteiger partial charge is 0.170 e. The van der Waals surface area contributed by atoms with Crippen LogP contribution in [-0.4, -0.2) is 12.3 Å². The molecule has 1 aromatic carbocycles. The third-order valence-electron chi connectivity index (χ3n) is 2.68. The molecule has 0 heterocycles. The van der Waals surface area contributed by atoms with Gasteiger partial charge in [-0.2, -0.15) is 0 Å². The Morgan fingerprint density at radius 2 is 2.19 bits per heavy atom. The number of carbonyl (C=O) groups excluding carboxylic acids is 1. The summed E-state index contributed by atoms with van der Waals surface area (Å²) in [4.78, 5) is 12.0. The van der Waals surface area contributed by atoms with Crippen molar-refractivity contribution in [2.45, 2.75) is 26.7 Å². The predicted molar refractivity (Wildman–Crippen MR) is 62.9 cm³/mol. The minimum atomic E-state index is -0.454. The van der Waals surface area contributed by atoms with Gasteiger partial charge in [-0.05, 0) is 25.5 Å². The Morgan fingerprint density at radius 1 is 1.50 bits per heavy atom. The SMILES string of the molecule is CCCC(CN)C(=O)c1cc(C)ccc1F. The van der Waals surface area contributed by atoms with Crippen molar-refractivity contribution in [1.29, 1.82) is 0 Å². The second kappa shape index (κ2) is 5.75. The van der Waals surface area contributed by atoms with E-state index in [1.165, 1.54) is 6.07 Å². The average molecular weight is 223 g/mol. The monoisotopic (exact) mass is 223 g/mol. The van der Waals surface area contributed by atoms with Crippen LogP contribution < -0.4 is 5.73 Å². The van der Waals surface area contributed by atoms with Gasteiger partial charge in [0.2, 0.25) is 0 Å². The van der Waals surface area contributed by atoms with Crippen LogP contribution in [0.1, 0.15) is 35.7 Å². The predicted octanol–water partition coefficient (Wildman–Crippen LogP) is 2.69. The van der Waals surface area contributed by atoms with Gasteiger partial charge in [0.25, 0.3) is 0 Å². The average Bonchev–Trinajstić information content (AvgIpc) is 2.28. The van der Waals surface area contributed by atoms with Gasteiger partial charge in [0.15, 0.2) is 5.78 Å². The molecule has 16 heavy (non-hydrogen) atoms. The third-order valence-corrected chi connectivity index (χ3v) is 2.68. The van der Waals surface area contributed by atoms with Crippen LogP contribution in [0.5, 0.6) is 0 Å². The maximum Gasteiger partial charge on any atom is 0.170 e. The zero-order valence-corrected chi connectivity index (χ0v) is 9.79. The first-order valence-electron chi connectivity index (χ1n) is 5.60. The first-order chi connectivity index (χ1) is 7.60. The van der Waals surface area contributed by atoms with Gasteiger partial charge in [-0.3, -0.25) is 4.79 Å². The van der Waals surface area contributed by atoms with Crippen molar-refractivity contribution >= 4 is 5.78 Å². The second-order valence-corrected chi connectivity index (χ2v) is 4.07. The van der Waals surface area contributed by atoms with E-state index in [-0.39, 0.29) is 23.8 Å². The normalized spacial score (nSPS) is 12.5. The highest BCUT2D eigenvalue weighted by molar-refractivity contribution is 5.98. The highest BCUT2D eigenvalue weighted by Crippen LogP contribution is 2.17. The number of nitrogens with two attached hydrogens (primary N) is 1. The standard InChI is InChI=1S/C13H18FNO/c1-3-4-10(8-15)13(16)11-7-9(2)5-6-12(11)14/h5-7,10H,3-4,8,15H2,1-2H3. The summed E-state index contributed by atoms with van der Waals surface area (Å²) in [7, 11) is 0. The third kappa shape index (κ3) is 2.89. The lowest BCUT2D eigenvalue weighted by molar-refractivity contribution is 0.0913. The van der Waals surface area contributed by atoms with Crippen LogP contribution in [0.15, 0.2) is 18.2 Å². The minimum Gasteiger partial charge on any atom is -0.330 e. The summed E-state index contributed by atoms with van der Waals surface area (Å²) in [5, 5.41) is 0. The fourth-order valence-corrected chi connectivity index (χ4v) is 1.75. The van der Waals surface area contributed by atoms with Crippen LogP contribution in [0.4, 0.5) is 4.39 Å². The number of carbonyl (C=O) groups is 1. The number of benzene rings is 1. The van der Waals surface area contributed by atoms with Gasteiger partial charge in [-0.25, -0.2) is 4.39 Å². The van der Waals surface area contributed by atoms with E-state index >= 15 is 0 Å². The summed E-state index contributed by atoms with van der Waals surface area (Å²) in [5.41, 5.74) is 6.60. The van der Waals surface area contributed by atoms with E-state index in [1.54, 1.807) is 12.1 Å². The van der Waals surface area contributed by atoms with Gasteiger partial charge in [-0.15, -0.1) is 0 Å². The van der Waals surface area contributed by atoms with Crippen molar-refractivity contribution in [3.05, 3.63) is 35.1 Å². The molecule has 0 amide bonds. The Bertz CT molecular complexity index is 376. The topological polar surface area (TPSA) is 43.1 Å². The van der Waals surface area contributed by atoms with E-state index < -0.39 is 5.82 Å². The maximum absolute atomic E-state index is 13.5. The van der Waals surface area contributed by atoms with E-state index in [2.05, 4.69) is 0 Å². The molecular weight excluding hydrogens is 205 g/mol. The van der Waals surface area contributed by atoms with Gasteiger partial charge in [0, 0.05) is 12.5 Å². The molecule has 2 N–H and O–H groups in total. The molecule has 88 valence electrons. The highest BCUT2D eigenvalue weighted by atomic mass is 19.1. The molecule has 1 unspecified atom stereocenters. The zero-order valence-electron chi connectivity index (χ0n) is 9.79. The van der Waals surface area contributed by atoms with E-state index in [9.17, 15) is 9.18 Å². The maximum atomic E-state index is 13.5. The van der Waals surface area contributed by atoms with Gasteiger partial charge in [0.05, 0.1) is 5.56 Å². The molecule has 0 radical (unpaired) electrons.